The molecule has 0 aliphatic carbocycles. The lowest BCUT2D eigenvalue weighted by Crippen LogP contribution is -2.25. The first kappa shape index (κ1) is 15.7. The molecule has 0 aromatic heterocycles. The van der Waals surface area contributed by atoms with Crippen molar-refractivity contribution in [3.8, 4) is 0 Å². The number of halogens is 2. The van der Waals surface area contributed by atoms with E-state index in [4.69, 9.17) is 28.9 Å². The Morgan fingerprint density at radius 2 is 2.00 bits per heavy atom. The number of sulfonamides is 1. The zero-order valence-corrected chi connectivity index (χ0v) is 12.4. The summed E-state index contributed by atoms with van der Waals surface area (Å²) in [6, 6.07) is 2.90. The van der Waals surface area contributed by atoms with Crippen LogP contribution in [0.4, 0.5) is 0 Å². The second-order valence-electron chi connectivity index (χ2n) is 3.83. The van der Waals surface area contributed by atoms with Gasteiger partial charge in [-0.15, -0.1) is 0 Å². The Labute approximate surface area is 118 Å². The highest BCUT2D eigenvalue weighted by Gasteiger charge is 2.20. The zero-order valence-electron chi connectivity index (χ0n) is 10.0. The zero-order chi connectivity index (χ0) is 13.8. The van der Waals surface area contributed by atoms with E-state index >= 15 is 0 Å². The van der Waals surface area contributed by atoms with Gasteiger partial charge in [-0.1, -0.05) is 36.5 Å². The molecule has 102 valence electrons. The number of unbranched alkanes of at least 4 members (excludes halogenated alkanes) is 1. The number of benzene rings is 1. The summed E-state index contributed by atoms with van der Waals surface area (Å²) >= 11 is 11.9. The molecule has 0 bridgehead atoms. The molecule has 18 heavy (non-hydrogen) atoms. The van der Waals surface area contributed by atoms with Gasteiger partial charge < -0.3 is 5.73 Å². The summed E-state index contributed by atoms with van der Waals surface area (Å²) in [5.41, 5.74) is 6.01. The van der Waals surface area contributed by atoms with Gasteiger partial charge in [0.25, 0.3) is 0 Å². The summed E-state index contributed by atoms with van der Waals surface area (Å²) in [5.74, 6) is 0. The SMILES string of the molecule is CCCCNS(=O)(=O)c1cc(Cl)cc(CN)c1Cl. The Balaban J connectivity index is 3.12. The lowest BCUT2D eigenvalue weighted by Gasteiger charge is -2.11. The molecule has 0 heterocycles. The van der Waals surface area contributed by atoms with E-state index < -0.39 is 10.0 Å². The van der Waals surface area contributed by atoms with E-state index in [1.807, 2.05) is 6.92 Å². The summed E-state index contributed by atoms with van der Waals surface area (Å²) in [4.78, 5) is -0.0202. The number of hydrogen-bond acceptors (Lipinski definition) is 3. The third kappa shape index (κ3) is 3.83. The lowest BCUT2D eigenvalue weighted by atomic mass is 10.2. The molecule has 1 aromatic rings. The first-order valence-corrected chi connectivity index (χ1v) is 7.84. The van der Waals surface area contributed by atoms with E-state index in [0.29, 0.717) is 17.1 Å². The van der Waals surface area contributed by atoms with Crippen molar-refractivity contribution in [1.29, 1.82) is 0 Å². The molecule has 3 N–H and O–H groups in total. The van der Waals surface area contributed by atoms with Crippen LogP contribution in [-0.4, -0.2) is 15.0 Å². The molecule has 0 aliphatic rings. The molecule has 0 spiro atoms. The molecule has 0 atom stereocenters. The van der Waals surface area contributed by atoms with Crippen LogP contribution >= 0.6 is 23.2 Å². The summed E-state index contributed by atoms with van der Waals surface area (Å²) in [6.45, 7) is 2.49. The Morgan fingerprint density at radius 3 is 2.56 bits per heavy atom. The summed E-state index contributed by atoms with van der Waals surface area (Å²) < 4.78 is 26.6. The third-order valence-corrected chi connectivity index (χ3v) is 4.67. The van der Waals surface area contributed by atoms with Crippen molar-refractivity contribution in [2.75, 3.05) is 6.54 Å². The van der Waals surface area contributed by atoms with Gasteiger partial charge in [0.2, 0.25) is 10.0 Å². The molecule has 0 unspecified atom stereocenters. The Hall–Kier alpha value is -0.330. The van der Waals surface area contributed by atoms with Crippen molar-refractivity contribution in [1.82, 2.24) is 4.72 Å². The Kier molecular flexibility index (Phi) is 5.88. The standard InChI is InChI=1S/C11H16Cl2N2O2S/c1-2-3-4-15-18(16,17)10-6-9(12)5-8(7-14)11(10)13/h5-6,15H,2-4,7,14H2,1H3. The van der Waals surface area contributed by atoms with Gasteiger partial charge >= 0.3 is 0 Å². The van der Waals surface area contributed by atoms with Crippen LogP contribution in [0, 0.1) is 0 Å². The monoisotopic (exact) mass is 310 g/mol. The molecule has 1 rings (SSSR count). The van der Waals surface area contributed by atoms with Gasteiger partial charge in [-0.25, -0.2) is 13.1 Å². The molecular formula is C11H16Cl2N2O2S. The van der Waals surface area contributed by atoms with Crippen molar-refractivity contribution < 1.29 is 8.42 Å². The van der Waals surface area contributed by atoms with Crippen LogP contribution < -0.4 is 10.5 Å². The van der Waals surface area contributed by atoms with Gasteiger partial charge in [-0.2, -0.15) is 0 Å². The van der Waals surface area contributed by atoms with E-state index in [1.54, 1.807) is 6.07 Å². The molecule has 0 radical (unpaired) electrons. The van der Waals surface area contributed by atoms with E-state index in [2.05, 4.69) is 4.72 Å². The number of rotatable bonds is 6. The molecule has 4 nitrogen and oxygen atoms in total. The summed E-state index contributed by atoms with van der Waals surface area (Å²) in [7, 11) is -3.64. The Morgan fingerprint density at radius 1 is 1.33 bits per heavy atom. The molecule has 1 aromatic carbocycles. The van der Waals surface area contributed by atoms with Gasteiger partial charge in [-0.3, -0.25) is 0 Å². The molecule has 0 saturated heterocycles. The van der Waals surface area contributed by atoms with Gasteiger partial charge in [0.1, 0.15) is 4.90 Å². The van der Waals surface area contributed by atoms with Crippen molar-refractivity contribution in [3.05, 3.63) is 27.7 Å². The fourth-order valence-corrected chi connectivity index (χ4v) is 3.44. The second kappa shape index (κ2) is 6.73. The minimum absolute atomic E-state index is 0.0202. The van der Waals surface area contributed by atoms with Gasteiger partial charge in [0.15, 0.2) is 0 Å². The lowest BCUT2D eigenvalue weighted by molar-refractivity contribution is 0.578. The maximum absolute atomic E-state index is 12.1. The molecule has 0 saturated carbocycles. The maximum Gasteiger partial charge on any atom is 0.242 e. The highest BCUT2D eigenvalue weighted by atomic mass is 35.5. The van der Waals surface area contributed by atoms with Crippen LogP contribution in [0.2, 0.25) is 10.0 Å². The van der Waals surface area contributed by atoms with Gasteiger partial charge in [0.05, 0.1) is 5.02 Å². The predicted octanol–water partition coefficient (Wildman–Crippen LogP) is 2.53. The van der Waals surface area contributed by atoms with E-state index in [0.717, 1.165) is 12.8 Å². The number of nitrogens with two attached hydrogens (primary N) is 1. The van der Waals surface area contributed by atoms with Crippen LogP contribution in [0.5, 0.6) is 0 Å². The molecule has 7 heteroatoms. The second-order valence-corrected chi connectivity index (χ2v) is 6.38. The van der Waals surface area contributed by atoms with E-state index in [1.165, 1.54) is 6.07 Å². The normalized spacial score (nSPS) is 11.8. The highest BCUT2D eigenvalue weighted by Crippen LogP contribution is 2.29. The number of hydrogen-bond donors (Lipinski definition) is 2. The average Bonchev–Trinajstić information content (AvgIpc) is 2.31. The summed E-state index contributed by atoms with van der Waals surface area (Å²) in [6.07, 6.45) is 1.67. The molecule has 0 fully saturated rings. The van der Waals surface area contributed by atoms with Crippen molar-refractivity contribution in [3.63, 3.8) is 0 Å². The van der Waals surface area contributed by atoms with Crippen LogP contribution in [0.25, 0.3) is 0 Å². The largest absolute Gasteiger partial charge is 0.326 e. The maximum atomic E-state index is 12.1. The van der Waals surface area contributed by atoms with Crippen molar-refractivity contribution in [2.24, 2.45) is 5.73 Å². The first-order chi connectivity index (χ1) is 8.42. The topological polar surface area (TPSA) is 72.2 Å². The first-order valence-electron chi connectivity index (χ1n) is 5.60. The Bertz CT molecular complexity index is 518. The fourth-order valence-electron chi connectivity index (χ4n) is 1.42. The smallest absolute Gasteiger partial charge is 0.242 e. The molecule has 0 aliphatic heterocycles. The predicted molar refractivity (Wildman–Crippen MR) is 74.4 cm³/mol. The third-order valence-electron chi connectivity index (χ3n) is 2.41. The minimum Gasteiger partial charge on any atom is -0.326 e. The van der Waals surface area contributed by atoms with Crippen LogP contribution in [0.15, 0.2) is 17.0 Å². The quantitative estimate of drug-likeness (QED) is 0.793. The van der Waals surface area contributed by atoms with Gasteiger partial charge in [0, 0.05) is 18.1 Å². The van der Waals surface area contributed by atoms with Crippen LogP contribution in [-0.2, 0) is 16.6 Å². The van der Waals surface area contributed by atoms with Crippen molar-refractivity contribution in [2.45, 2.75) is 31.2 Å². The van der Waals surface area contributed by atoms with Gasteiger partial charge in [-0.05, 0) is 24.1 Å². The average molecular weight is 311 g/mol. The number of nitrogens with one attached hydrogen (secondary N) is 1. The molecule has 0 amide bonds. The summed E-state index contributed by atoms with van der Waals surface area (Å²) in [5, 5.41) is 0.432. The van der Waals surface area contributed by atoms with E-state index in [9.17, 15) is 8.42 Å². The van der Waals surface area contributed by atoms with E-state index in [-0.39, 0.29) is 16.5 Å². The van der Waals surface area contributed by atoms with Crippen LogP contribution in [0.1, 0.15) is 25.3 Å². The van der Waals surface area contributed by atoms with Crippen molar-refractivity contribution >= 4 is 33.2 Å². The molecular weight excluding hydrogens is 295 g/mol. The highest BCUT2D eigenvalue weighted by molar-refractivity contribution is 7.89. The van der Waals surface area contributed by atoms with Crippen LogP contribution in [0.3, 0.4) is 0 Å². The minimum atomic E-state index is -3.64. The fraction of sp³-hybridized carbons (Fsp3) is 0.455.